The molecule has 0 aliphatic heterocycles. The minimum Gasteiger partial charge on any atom is -0.508 e. The summed E-state index contributed by atoms with van der Waals surface area (Å²) < 4.78 is 0. The summed E-state index contributed by atoms with van der Waals surface area (Å²) in [7, 11) is 0. The molecule has 31 heavy (non-hydrogen) atoms. The fourth-order valence-corrected chi connectivity index (χ4v) is 7.51. The second-order valence-corrected chi connectivity index (χ2v) is 10.3. The van der Waals surface area contributed by atoms with Crippen LogP contribution in [0, 0.1) is 29.6 Å². The standard InChI is InChI=1S/C29H32O2/c1-4-15-29(31)16-14-26-24-12-10-21-17-22(30)11-13-23(21)27(24)25(18-28(26,29)3)20-8-6-19(5-2)7-9-20/h2,4,6-9,11,13,17,24-27,30-31H,1,10,12,14-16,18H2,3H3/t24-,25+,26-,27+,28-,29-/m0/s1. The van der Waals surface area contributed by atoms with Crippen molar-refractivity contribution in [3.05, 3.63) is 77.4 Å². The molecular weight excluding hydrogens is 380 g/mol. The first-order valence-electron chi connectivity index (χ1n) is 11.6. The molecule has 3 aliphatic carbocycles. The lowest BCUT2D eigenvalue weighted by atomic mass is 9.49. The molecule has 2 N–H and O–H groups in total. The maximum atomic E-state index is 11.8. The zero-order valence-corrected chi connectivity index (χ0v) is 18.3. The number of fused-ring (bicyclic) bond motifs is 5. The molecule has 3 aliphatic rings. The first-order chi connectivity index (χ1) is 14.9. The fourth-order valence-electron chi connectivity index (χ4n) is 7.51. The minimum atomic E-state index is -0.684. The summed E-state index contributed by atoms with van der Waals surface area (Å²) in [6.45, 7) is 6.28. The van der Waals surface area contributed by atoms with E-state index in [1.165, 1.54) is 16.7 Å². The maximum Gasteiger partial charge on any atom is 0.115 e. The zero-order valence-electron chi connectivity index (χ0n) is 18.3. The van der Waals surface area contributed by atoms with Gasteiger partial charge in [0.2, 0.25) is 0 Å². The molecule has 2 aromatic carbocycles. The van der Waals surface area contributed by atoms with Gasteiger partial charge in [-0.05, 0) is 103 Å². The van der Waals surface area contributed by atoms with Crippen molar-refractivity contribution in [2.45, 2.75) is 62.9 Å². The smallest absolute Gasteiger partial charge is 0.115 e. The van der Waals surface area contributed by atoms with Crippen molar-refractivity contribution in [3.63, 3.8) is 0 Å². The van der Waals surface area contributed by atoms with Gasteiger partial charge in [0, 0.05) is 11.0 Å². The van der Waals surface area contributed by atoms with Gasteiger partial charge in [-0.15, -0.1) is 13.0 Å². The number of rotatable bonds is 3. The number of hydrogen-bond acceptors (Lipinski definition) is 2. The molecule has 0 amide bonds. The average Bonchev–Trinajstić information content (AvgIpc) is 3.03. The van der Waals surface area contributed by atoms with E-state index in [-0.39, 0.29) is 5.41 Å². The third-order valence-electron chi connectivity index (χ3n) is 9.03. The van der Waals surface area contributed by atoms with Gasteiger partial charge in [-0.25, -0.2) is 0 Å². The molecular formula is C29H32O2. The van der Waals surface area contributed by atoms with Crippen LogP contribution in [-0.2, 0) is 6.42 Å². The molecule has 2 aromatic rings. The van der Waals surface area contributed by atoms with Gasteiger partial charge in [0.05, 0.1) is 5.60 Å². The van der Waals surface area contributed by atoms with E-state index in [0.717, 1.165) is 37.7 Å². The minimum absolute atomic E-state index is 0.133. The van der Waals surface area contributed by atoms with E-state index in [4.69, 9.17) is 6.42 Å². The van der Waals surface area contributed by atoms with Crippen LogP contribution in [0.3, 0.4) is 0 Å². The SMILES string of the molecule is C#Cc1ccc([C@H]2C[C@@]3(C)[C@@H](CC[C@@]3(O)CC=C)[C@@H]3CCc4cc(O)ccc4[C@H]32)cc1. The third-order valence-corrected chi connectivity index (χ3v) is 9.03. The van der Waals surface area contributed by atoms with Crippen LogP contribution < -0.4 is 0 Å². The molecule has 2 fully saturated rings. The van der Waals surface area contributed by atoms with Crippen LogP contribution in [0.1, 0.15) is 73.1 Å². The van der Waals surface area contributed by atoms with E-state index in [2.05, 4.69) is 37.6 Å². The molecule has 0 spiro atoms. The number of aryl methyl sites for hydroxylation is 1. The average molecular weight is 413 g/mol. The van der Waals surface area contributed by atoms with Crippen molar-refractivity contribution < 1.29 is 10.2 Å². The van der Waals surface area contributed by atoms with Gasteiger partial charge in [-0.1, -0.05) is 37.1 Å². The summed E-state index contributed by atoms with van der Waals surface area (Å²) in [4.78, 5) is 0. The summed E-state index contributed by atoms with van der Waals surface area (Å²) in [5.74, 6) is 4.85. The monoisotopic (exact) mass is 412 g/mol. The van der Waals surface area contributed by atoms with Crippen molar-refractivity contribution in [1.29, 1.82) is 0 Å². The lowest BCUT2D eigenvalue weighted by Gasteiger charge is -2.56. The number of aromatic hydroxyl groups is 1. The second-order valence-electron chi connectivity index (χ2n) is 10.3. The lowest BCUT2D eigenvalue weighted by molar-refractivity contribution is -0.106. The molecule has 6 atom stereocenters. The van der Waals surface area contributed by atoms with Crippen molar-refractivity contribution in [2.24, 2.45) is 17.3 Å². The topological polar surface area (TPSA) is 40.5 Å². The zero-order chi connectivity index (χ0) is 21.8. The summed E-state index contributed by atoms with van der Waals surface area (Å²) in [5.41, 5.74) is 4.07. The van der Waals surface area contributed by atoms with Crippen LogP contribution in [0.5, 0.6) is 5.75 Å². The van der Waals surface area contributed by atoms with Crippen LogP contribution >= 0.6 is 0 Å². The molecule has 0 heterocycles. The van der Waals surface area contributed by atoms with Crippen molar-refractivity contribution >= 4 is 0 Å². The maximum absolute atomic E-state index is 11.8. The van der Waals surface area contributed by atoms with Gasteiger partial charge >= 0.3 is 0 Å². The van der Waals surface area contributed by atoms with Crippen molar-refractivity contribution in [3.8, 4) is 18.1 Å². The predicted octanol–water partition coefficient (Wildman–Crippen LogP) is 5.93. The molecule has 0 bridgehead atoms. The van der Waals surface area contributed by atoms with E-state index in [9.17, 15) is 10.2 Å². The summed E-state index contributed by atoms with van der Waals surface area (Å²) in [5, 5.41) is 21.9. The van der Waals surface area contributed by atoms with Gasteiger partial charge < -0.3 is 10.2 Å². The second kappa shape index (κ2) is 7.28. The Morgan fingerprint density at radius 2 is 1.97 bits per heavy atom. The lowest BCUT2D eigenvalue weighted by Crippen LogP contribution is -2.52. The normalized spacial score (nSPS) is 36.0. The Morgan fingerprint density at radius 1 is 1.19 bits per heavy atom. The van der Waals surface area contributed by atoms with E-state index in [1.807, 2.05) is 30.3 Å². The number of phenolic OH excluding ortho intramolecular Hbond substituents is 1. The van der Waals surface area contributed by atoms with Crippen molar-refractivity contribution in [1.82, 2.24) is 0 Å². The highest BCUT2D eigenvalue weighted by Gasteiger charge is 2.63. The highest BCUT2D eigenvalue weighted by Crippen LogP contribution is 2.68. The molecule has 2 saturated carbocycles. The molecule has 160 valence electrons. The largest absolute Gasteiger partial charge is 0.508 e. The number of phenols is 1. The highest BCUT2D eigenvalue weighted by molar-refractivity contribution is 5.44. The van der Waals surface area contributed by atoms with E-state index in [1.54, 1.807) is 0 Å². The van der Waals surface area contributed by atoms with Gasteiger partial charge in [0.1, 0.15) is 5.75 Å². The van der Waals surface area contributed by atoms with Crippen LogP contribution in [-0.4, -0.2) is 15.8 Å². The van der Waals surface area contributed by atoms with E-state index < -0.39 is 5.60 Å². The summed E-state index contributed by atoms with van der Waals surface area (Å²) in [6.07, 6.45) is 13.2. The van der Waals surface area contributed by atoms with Gasteiger partial charge in [0.25, 0.3) is 0 Å². The van der Waals surface area contributed by atoms with Gasteiger partial charge in [-0.2, -0.15) is 0 Å². The van der Waals surface area contributed by atoms with Crippen LogP contribution in [0.2, 0.25) is 0 Å². The summed E-state index contributed by atoms with van der Waals surface area (Å²) in [6, 6.07) is 14.4. The molecule has 0 saturated heterocycles. The quantitative estimate of drug-likeness (QED) is 0.484. The molecule has 0 unspecified atom stereocenters. The predicted molar refractivity (Wildman–Crippen MR) is 125 cm³/mol. The third kappa shape index (κ3) is 2.98. The molecule has 2 heteroatoms. The molecule has 0 radical (unpaired) electrons. The first-order valence-corrected chi connectivity index (χ1v) is 11.6. The van der Waals surface area contributed by atoms with Crippen molar-refractivity contribution in [2.75, 3.05) is 0 Å². The number of hydrogen-bond donors (Lipinski definition) is 2. The number of benzene rings is 2. The van der Waals surface area contributed by atoms with Crippen LogP contribution in [0.15, 0.2) is 55.1 Å². The Morgan fingerprint density at radius 3 is 2.68 bits per heavy atom. The Labute approximate surface area is 186 Å². The Kier molecular flexibility index (Phi) is 4.79. The molecule has 5 rings (SSSR count). The Hall–Kier alpha value is -2.50. The number of aliphatic hydroxyl groups is 1. The first kappa shape index (κ1) is 20.4. The van der Waals surface area contributed by atoms with Crippen LogP contribution in [0.25, 0.3) is 0 Å². The van der Waals surface area contributed by atoms with Crippen LogP contribution in [0.4, 0.5) is 0 Å². The Balaban J connectivity index is 1.65. The van der Waals surface area contributed by atoms with Gasteiger partial charge in [-0.3, -0.25) is 0 Å². The summed E-state index contributed by atoms with van der Waals surface area (Å²) >= 11 is 0. The van der Waals surface area contributed by atoms with Gasteiger partial charge in [0.15, 0.2) is 0 Å². The molecule has 0 aromatic heterocycles. The van der Waals surface area contributed by atoms with E-state index >= 15 is 0 Å². The molecule has 2 nitrogen and oxygen atoms in total. The number of terminal acetylenes is 1. The Bertz CT molecular complexity index is 1050. The highest BCUT2D eigenvalue weighted by atomic mass is 16.3. The fraction of sp³-hybridized carbons (Fsp3) is 0.448. The van der Waals surface area contributed by atoms with E-state index in [0.29, 0.717) is 35.8 Å².